The van der Waals surface area contributed by atoms with Crippen LogP contribution in [0.2, 0.25) is 0 Å². The first-order valence-corrected chi connectivity index (χ1v) is 15.9. The average molecular weight is 571 g/mol. The highest BCUT2D eigenvalue weighted by molar-refractivity contribution is 6.10. The molecule has 5 aromatic rings. The highest BCUT2D eigenvalue weighted by atomic mass is 14.9. The van der Waals surface area contributed by atoms with E-state index in [1.54, 1.807) is 0 Å². The van der Waals surface area contributed by atoms with Gasteiger partial charge in [0, 0.05) is 17.2 Å². The zero-order valence-corrected chi connectivity index (χ0v) is 25.4. The van der Waals surface area contributed by atoms with Gasteiger partial charge in [0.2, 0.25) is 0 Å². The minimum atomic E-state index is -0.127. The van der Waals surface area contributed by atoms with Gasteiger partial charge in [0.1, 0.15) is 0 Å². The molecule has 1 fully saturated rings. The van der Waals surface area contributed by atoms with Crippen LogP contribution in [0, 0.1) is 5.92 Å². The van der Waals surface area contributed by atoms with Crippen molar-refractivity contribution in [2.45, 2.75) is 44.6 Å². The van der Waals surface area contributed by atoms with E-state index >= 15 is 0 Å². The van der Waals surface area contributed by atoms with E-state index in [2.05, 4.69) is 110 Å². The molecule has 44 heavy (non-hydrogen) atoms. The lowest BCUT2D eigenvalue weighted by molar-refractivity contribution is 0.338. The van der Waals surface area contributed by atoms with Crippen LogP contribution < -0.4 is 0 Å². The molecule has 2 unspecified atom stereocenters. The minimum absolute atomic E-state index is 0.127. The lowest BCUT2D eigenvalue weighted by atomic mass is 9.62. The highest BCUT2D eigenvalue weighted by Crippen LogP contribution is 2.60. The molecular formula is C42H38N2. The molecule has 2 aliphatic carbocycles. The summed E-state index contributed by atoms with van der Waals surface area (Å²) in [6.45, 7) is 7.64. The third-order valence-electron chi connectivity index (χ3n) is 9.67. The minimum Gasteiger partial charge on any atom is -0.261 e. The van der Waals surface area contributed by atoms with Crippen molar-refractivity contribution in [1.29, 1.82) is 0 Å². The molecule has 0 amide bonds. The summed E-state index contributed by atoms with van der Waals surface area (Å²) >= 11 is 0. The molecule has 2 atom stereocenters. The summed E-state index contributed by atoms with van der Waals surface area (Å²) in [5, 5.41) is 0. The molecule has 0 aliphatic heterocycles. The number of allylic oxidation sites excluding steroid dienone is 1. The molecule has 0 radical (unpaired) electrons. The van der Waals surface area contributed by atoms with E-state index in [1.165, 1.54) is 46.2 Å². The first kappa shape index (κ1) is 28.0. The molecule has 2 heteroatoms. The SMILES string of the molecule is C=C1CC(CC)CCC12c1ccccc1-c1c(-c3ccccc3C(N=Cc3ccccc3)=NCc3ccccc3)cccc12. The van der Waals surface area contributed by atoms with Gasteiger partial charge in [-0.3, -0.25) is 4.99 Å². The van der Waals surface area contributed by atoms with Gasteiger partial charge in [0.15, 0.2) is 5.84 Å². The Hall–Kier alpha value is -4.82. The maximum atomic E-state index is 5.12. The number of benzene rings is 5. The highest BCUT2D eigenvalue weighted by Gasteiger charge is 2.48. The largest absolute Gasteiger partial charge is 0.261 e. The van der Waals surface area contributed by atoms with Crippen molar-refractivity contribution in [2.24, 2.45) is 15.9 Å². The second-order valence-electron chi connectivity index (χ2n) is 12.1. The van der Waals surface area contributed by atoms with Gasteiger partial charge in [-0.15, -0.1) is 0 Å². The summed E-state index contributed by atoms with van der Waals surface area (Å²) in [6, 6.07) is 45.2. The van der Waals surface area contributed by atoms with E-state index in [0.717, 1.165) is 46.8 Å². The van der Waals surface area contributed by atoms with Crippen LogP contribution in [0.3, 0.4) is 0 Å². The van der Waals surface area contributed by atoms with Crippen LogP contribution in [-0.4, -0.2) is 12.1 Å². The van der Waals surface area contributed by atoms with Crippen molar-refractivity contribution < 1.29 is 0 Å². The smallest absolute Gasteiger partial charge is 0.155 e. The topological polar surface area (TPSA) is 24.7 Å². The first-order valence-electron chi connectivity index (χ1n) is 15.9. The maximum absolute atomic E-state index is 5.12. The average Bonchev–Trinajstić information content (AvgIpc) is 3.37. The fourth-order valence-electron chi connectivity index (χ4n) is 7.39. The Labute approximate surface area is 261 Å². The molecule has 0 N–H and O–H groups in total. The standard InChI is InChI=1S/C42H38N2/c1-3-31-25-26-42(30(2)27-31)38-23-13-12-21-37(38)40-35(22-14-24-39(40)42)34-19-10-11-20-36(34)41(43-28-32-15-6-4-7-16-32)44-29-33-17-8-5-9-18-33/h4-24,28,31H,2-3,25-27,29H2,1H3. The predicted octanol–water partition coefficient (Wildman–Crippen LogP) is 10.5. The second-order valence-corrected chi connectivity index (χ2v) is 12.1. The van der Waals surface area contributed by atoms with Crippen molar-refractivity contribution in [1.82, 2.24) is 0 Å². The zero-order chi connectivity index (χ0) is 29.9. The molecule has 216 valence electrons. The van der Waals surface area contributed by atoms with Gasteiger partial charge in [0.05, 0.1) is 6.54 Å². The molecule has 1 saturated carbocycles. The summed E-state index contributed by atoms with van der Waals surface area (Å²) in [6.07, 6.45) is 6.58. The van der Waals surface area contributed by atoms with Crippen LogP contribution in [0.5, 0.6) is 0 Å². The molecule has 0 aromatic heterocycles. The van der Waals surface area contributed by atoms with Crippen molar-refractivity contribution in [3.05, 3.63) is 167 Å². The Morgan fingerprint density at radius 1 is 0.750 bits per heavy atom. The van der Waals surface area contributed by atoms with Crippen molar-refractivity contribution in [3.8, 4) is 22.3 Å². The van der Waals surface area contributed by atoms with Gasteiger partial charge in [0.25, 0.3) is 0 Å². The van der Waals surface area contributed by atoms with E-state index in [1.807, 2.05) is 30.5 Å². The summed E-state index contributed by atoms with van der Waals surface area (Å²) in [7, 11) is 0. The Morgan fingerprint density at radius 2 is 1.41 bits per heavy atom. The molecular weight excluding hydrogens is 532 g/mol. The van der Waals surface area contributed by atoms with Gasteiger partial charge in [-0.25, -0.2) is 4.99 Å². The fourth-order valence-corrected chi connectivity index (χ4v) is 7.39. The summed E-state index contributed by atoms with van der Waals surface area (Å²) in [5.74, 6) is 1.46. The van der Waals surface area contributed by atoms with Crippen LogP contribution in [0.1, 0.15) is 60.4 Å². The lowest BCUT2D eigenvalue weighted by Crippen LogP contribution is -2.33. The molecule has 5 aromatic carbocycles. The first-order chi connectivity index (χ1) is 21.7. The number of hydrogen-bond donors (Lipinski definition) is 0. The maximum Gasteiger partial charge on any atom is 0.155 e. The Kier molecular flexibility index (Phi) is 7.66. The van der Waals surface area contributed by atoms with Crippen LogP contribution in [0.15, 0.2) is 150 Å². The Morgan fingerprint density at radius 3 is 2.18 bits per heavy atom. The molecule has 0 saturated heterocycles. The van der Waals surface area contributed by atoms with Crippen molar-refractivity contribution in [3.63, 3.8) is 0 Å². The fraction of sp³-hybridized carbons (Fsp3) is 0.190. The molecule has 7 rings (SSSR count). The Bertz CT molecular complexity index is 1870. The van der Waals surface area contributed by atoms with E-state index in [0.29, 0.717) is 6.54 Å². The van der Waals surface area contributed by atoms with Crippen molar-refractivity contribution in [2.75, 3.05) is 0 Å². The summed E-state index contributed by atoms with van der Waals surface area (Å²) in [5.41, 5.74) is 12.4. The van der Waals surface area contributed by atoms with Gasteiger partial charge in [-0.2, -0.15) is 0 Å². The molecule has 0 heterocycles. The van der Waals surface area contributed by atoms with Crippen LogP contribution in [-0.2, 0) is 12.0 Å². The third-order valence-corrected chi connectivity index (χ3v) is 9.67. The predicted molar refractivity (Wildman–Crippen MR) is 186 cm³/mol. The van der Waals surface area contributed by atoms with Crippen LogP contribution in [0.25, 0.3) is 22.3 Å². The molecule has 2 nitrogen and oxygen atoms in total. The van der Waals surface area contributed by atoms with E-state index in [4.69, 9.17) is 16.6 Å². The van der Waals surface area contributed by atoms with Gasteiger partial charge < -0.3 is 0 Å². The summed E-state index contributed by atoms with van der Waals surface area (Å²) < 4.78 is 0. The second kappa shape index (κ2) is 12.1. The molecule has 2 aliphatic rings. The van der Waals surface area contributed by atoms with Crippen molar-refractivity contribution >= 4 is 12.1 Å². The quantitative estimate of drug-likeness (QED) is 0.110. The van der Waals surface area contributed by atoms with E-state index in [-0.39, 0.29) is 5.41 Å². The lowest BCUT2D eigenvalue weighted by Gasteiger charge is -2.41. The zero-order valence-electron chi connectivity index (χ0n) is 25.4. The molecule has 0 bridgehead atoms. The number of hydrogen-bond acceptors (Lipinski definition) is 1. The monoisotopic (exact) mass is 570 g/mol. The number of nitrogens with zero attached hydrogens (tertiary/aromatic N) is 2. The number of amidine groups is 1. The van der Waals surface area contributed by atoms with E-state index < -0.39 is 0 Å². The number of aliphatic imine (C=N–C) groups is 2. The normalized spacial score (nSPS) is 19.3. The Balaban J connectivity index is 1.39. The molecule has 1 spiro atoms. The van der Waals surface area contributed by atoms with Crippen LogP contribution >= 0.6 is 0 Å². The third kappa shape index (κ3) is 4.95. The van der Waals surface area contributed by atoms with Gasteiger partial charge in [-0.05, 0) is 69.7 Å². The van der Waals surface area contributed by atoms with Gasteiger partial charge >= 0.3 is 0 Å². The van der Waals surface area contributed by atoms with Crippen LogP contribution in [0.4, 0.5) is 0 Å². The summed E-state index contributed by atoms with van der Waals surface area (Å²) in [4.78, 5) is 10.1. The number of rotatable bonds is 6. The van der Waals surface area contributed by atoms with Gasteiger partial charge in [-0.1, -0.05) is 153 Å². The number of fused-ring (bicyclic) bond motifs is 5. The van der Waals surface area contributed by atoms with E-state index in [9.17, 15) is 0 Å².